The third kappa shape index (κ3) is 4.98. The number of hydrogen-bond acceptors (Lipinski definition) is 5. The Hall–Kier alpha value is -2.94. The van der Waals surface area contributed by atoms with Gasteiger partial charge in [0.25, 0.3) is 5.56 Å². The van der Waals surface area contributed by atoms with Gasteiger partial charge in [-0.05, 0) is 43.1 Å². The van der Waals surface area contributed by atoms with E-state index in [4.69, 9.17) is 16.1 Å². The normalized spacial score (nSPS) is 16.7. The van der Waals surface area contributed by atoms with Gasteiger partial charge < -0.3 is 20.1 Å². The lowest BCUT2D eigenvalue weighted by Gasteiger charge is -2.35. The van der Waals surface area contributed by atoms with Gasteiger partial charge in [-0.2, -0.15) is 0 Å². The topological polar surface area (TPSA) is 108 Å². The molecular weight excluding hydrogens is 499 g/mol. The SMILES string of the molecule is CN1CCN(C(=O)C2(c3ccc4c(c3)nc(Cc3ccc(C(=N)N)cc3)c(=O)n4C)CC2)CC1.Cl.Cl. The summed E-state index contributed by atoms with van der Waals surface area (Å²) in [5.41, 5.74) is 9.46. The Bertz CT molecular complexity index is 1340. The van der Waals surface area contributed by atoms with Crippen molar-refractivity contribution in [3.8, 4) is 0 Å². The Morgan fingerprint density at radius 2 is 1.67 bits per heavy atom. The maximum atomic E-state index is 13.4. The van der Waals surface area contributed by atoms with E-state index in [1.54, 1.807) is 23.7 Å². The fourth-order valence-corrected chi connectivity index (χ4v) is 4.86. The predicted molar refractivity (Wildman–Crippen MR) is 147 cm³/mol. The van der Waals surface area contributed by atoms with Crippen molar-refractivity contribution >= 4 is 47.6 Å². The van der Waals surface area contributed by atoms with E-state index in [0.717, 1.165) is 61.2 Å². The van der Waals surface area contributed by atoms with Crippen molar-refractivity contribution in [3.05, 3.63) is 75.2 Å². The molecule has 1 aliphatic carbocycles. The number of nitrogens with zero attached hydrogens (tertiary/aromatic N) is 4. The summed E-state index contributed by atoms with van der Waals surface area (Å²) in [6.07, 6.45) is 2.09. The number of piperazine rings is 1. The second kappa shape index (κ2) is 10.6. The molecule has 3 N–H and O–H groups in total. The first-order chi connectivity index (χ1) is 16.3. The summed E-state index contributed by atoms with van der Waals surface area (Å²) in [6, 6.07) is 13.2. The number of carbonyl (C=O) groups excluding carboxylic acids is 1. The number of likely N-dealkylation sites (N-methyl/N-ethyl adjacent to an activating group) is 1. The van der Waals surface area contributed by atoms with Gasteiger partial charge in [0.2, 0.25) is 5.91 Å². The molecule has 0 spiro atoms. The highest BCUT2D eigenvalue weighted by Gasteiger charge is 2.53. The quantitative estimate of drug-likeness (QED) is 0.389. The minimum atomic E-state index is -0.455. The van der Waals surface area contributed by atoms with Crippen molar-refractivity contribution in [2.45, 2.75) is 24.7 Å². The third-order valence-corrected chi connectivity index (χ3v) is 7.28. The molecule has 2 aromatic carbocycles. The summed E-state index contributed by atoms with van der Waals surface area (Å²) in [4.78, 5) is 35.4. The van der Waals surface area contributed by atoms with E-state index in [1.807, 2.05) is 35.2 Å². The van der Waals surface area contributed by atoms with Gasteiger partial charge in [0.1, 0.15) is 11.5 Å². The van der Waals surface area contributed by atoms with Crippen LogP contribution in [0.1, 0.15) is 35.2 Å². The number of amidine groups is 1. The zero-order chi connectivity index (χ0) is 24.0. The minimum Gasteiger partial charge on any atom is -0.384 e. The van der Waals surface area contributed by atoms with Crippen LogP contribution in [0.2, 0.25) is 0 Å². The molecule has 2 aliphatic rings. The first-order valence-electron chi connectivity index (χ1n) is 11.7. The summed E-state index contributed by atoms with van der Waals surface area (Å²) in [6.45, 7) is 3.34. The standard InChI is InChI=1S/C26H30N6O2.2ClH/c1-30-11-13-32(14-12-30)25(34)26(9-10-26)19-7-8-22-20(16-19)29-21(24(33)31(22)2)15-17-3-5-18(6-4-17)23(27)28;;/h3-8,16H,9-15H2,1-2H3,(H3,27,28);2*1H. The number of rotatable bonds is 5. The van der Waals surface area contributed by atoms with Crippen LogP contribution >= 0.6 is 24.8 Å². The van der Waals surface area contributed by atoms with Crippen LogP contribution in [-0.2, 0) is 23.7 Å². The van der Waals surface area contributed by atoms with Crippen LogP contribution in [0, 0.1) is 5.41 Å². The number of fused-ring (bicyclic) bond motifs is 1. The monoisotopic (exact) mass is 530 g/mol. The zero-order valence-corrected chi connectivity index (χ0v) is 22.1. The van der Waals surface area contributed by atoms with Gasteiger partial charge in [0.05, 0.1) is 16.4 Å². The number of nitrogens with two attached hydrogens (primary N) is 1. The lowest BCUT2D eigenvalue weighted by atomic mass is 9.93. The minimum absolute atomic E-state index is 0. The van der Waals surface area contributed by atoms with Gasteiger partial charge >= 0.3 is 0 Å². The van der Waals surface area contributed by atoms with E-state index in [1.165, 1.54) is 0 Å². The number of aromatic nitrogens is 2. The van der Waals surface area contributed by atoms with E-state index >= 15 is 0 Å². The fraction of sp³-hybridized carbons (Fsp3) is 0.385. The Morgan fingerprint density at radius 3 is 2.25 bits per heavy atom. The molecule has 5 rings (SSSR count). The summed E-state index contributed by atoms with van der Waals surface area (Å²) >= 11 is 0. The molecule has 36 heavy (non-hydrogen) atoms. The largest absolute Gasteiger partial charge is 0.384 e. The third-order valence-electron chi connectivity index (χ3n) is 7.28. The molecule has 10 heteroatoms. The Kier molecular flexibility index (Phi) is 8.13. The molecule has 1 amide bonds. The van der Waals surface area contributed by atoms with Crippen molar-refractivity contribution in [2.24, 2.45) is 12.8 Å². The Morgan fingerprint density at radius 1 is 1.03 bits per heavy atom. The highest BCUT2D eigenvalue weighted by Crippen LogP contribution is 2.50. The number of nitrogen functional groups attached to an aromatic ring is 1. The molecule has 2 heterocycles. The molecule has 2 fully saturated rings. The molecule has 0 radical (unpaired) electrons. The van der Waals surface area contributed by atoms with Crippen LogP contribution in [0.5, 0.6) is 0 Å². The van der Waals surface area contributed by atoms with Crippen LogP contribution in [0.25, 0.3) is 11.0 Å². The van der Waals surface area contributed by atoms with E-state index < -0.39 is 5.41 Å². The first-order valence-corrected chi connectivity index (χ1v) is 11.7. The summed E-state index contributed by atoms with van der Waals surface area (Å²) in [5, 5.41) is 7.54. The highest BCUT2D eigenvalue weighted by molar-refractivity contribution is 5.95. The van der Waals surface area contributed by atoms with Crippen LogP contribution < -0.4 is 11.3 Å². The fourth-order valence-electron chi connectivity index (χ4n) is 4.86. The van der Waals surface area contributed by atoms with Crippen molar-refractivity contribution in [3.63, 3.8) is 0 Å². The summed E-state index contributed by atoms with van der Waals surface area (Å²) < 4.78 is 1.63. The molecule has 1 saturated heterocycles. The molecule has 0 bridgehead atoms. The molecule has 1 aromatic heterocycles. The van der Waals surface area contributed by atoms with Gasteiger partial charge in [-0.15, -0.1) is 24.8 Å². The molecule has 1 saturated carbocycles. The van der Waals surface area contributed by atoms with Crippen molar-refractivity contribution < 1.29 is 4.79 Å². The number of amides is 1. The van der Waals surface area contributed by atoms with E-state index in [2.05, 4.69) is 11.9 Å². The van der Waals surface area contributed by atoms with Crippen molar-refractivity contribution in [2.75, 3.05) is 33.2 Å². The van der Waals surface area contributed by atoms with Crippen molar-refractivity contribution in [1.82, 2.24) is 19.4 Å². The predicted octanol–water partition coefficient (Wildman–Crippen LogP) is 2.46. The lowest BCUT2D eigenvalue weighted by molar-refractivity contribution is -0.135. The van der Waals surface area contributed by atoms with Crippen LogP contribution in [0.3, 0.4) is 0 Å². The van der Waals surface area contributed by atoms with Gasteiger partial charge in [0, 0.05) is 45.2 Å². The second-order valence-corrected chi connectivity index (χ2v) is 9.59. The van der Waals surface area contributed by atoms with Gasteiger partial charge in [0.15, 0.2) is 0 Å². The second-order valence-electron chi connectivity index (χ2n) is 9.59. The number of hydrogen-bond donors (Lipinski definition) is 2. The number of carbonyl (C=O) groups is 1. The van der Waals surface area contributed by atoms with Crippen LogP contribution in [0.4, 0.5) is 0 Å². The summed E-state index contributed by atoms with van der Waals surface area (Å²) in [7, 11) is 3.85. The molecular formula is C26H32Cl2N6O2. The van der Waals surface area contributed by atoms with E-state index in [9.17, 15) is 9.59 Å². The maximum Gasteiger partial charge on any atom is 0.272 e. The molecule has 0 unspecified atom stereocenters. The number of halogens is 2. The Balaban J connectivity index is 0.00000180. The molecule has 192 valence electrons. The van der Waals surface area contributed by atoms with Crippen LogP contribution in [-0.4, -0.2) is 64.3 Å². The van der Waals surface area contributed by atoms with Gasteiger partial charge in [-0.25, -0.2) is 4.98 Å². The zero-order valence-electron chi connectivity index (χ0n) is 20.5. The average molecular weight is 531 g/mol. The average Bonchev–Trinajstić information content (AvgIpc) is 3.64. The van der Waals surface area contributed by atoms with E-state index in [-0.39, 0.29) is 42.1 Å². The number of nitrogens with one attached hydrogen (secondary N) is 1. The smallest absolute Gasteiger partial charge is 0.272 e. The first kappa shape index (κ1) is 27.6. The highest BCUT2D eigenvalue weighted by atomic mass is 35.5. The van der Waals surface area contributed by atoms with Crippen molar-refractivity contribution in [1.29, 1.82) is 5.41 Å². The van der Waals surface area contributed by atoms with Gasteiger partial charge in [-0.3, -0.25) is 15.0 Å². The number of benzene rings is 2. The number of aryl methyl sites for hydroxylation is 1. The van der Waals surface area contributed by atoms with Gasteiger partial charge in [-0.1, -0.05) is 30.3 Å². The summed E-state index contributed by atoms with van der Waals surface area (Å²) in [5.74, 6) is 0.231. The lowest BCUT2D eigenvalue weighted by Crippen LogP contribution is -2.50. The molecule has 3 aromatic rings. The maximum absolute atomic E-state index is 13.4. The Labute approximate surface area is 222 Å². The van der Waals surface area contributed by atoms with Crippen LogP contribution in [0.15, 0.2) is 47.3 Å². The molecule has 1 aliphatic heterocycles. The van der Waals surface area contributed by atoms with E-state index in [0.29, 0.717) is 17.7 Å². The molecule has 0 atom stereocenters. The molecule has 8 nitrogen and oxygen atoms in total.